The predicted molar refractivity (Wildman–Crippen MR) is 57.3 cm³/mol. The summed E-state index contributed by atoms with van der Waals surface area (Å²) in [5.74, 6) is 0.372. The Morgan fingerprint density at radius 2 is 2.50 bits per heavy atom. The largest absolute Gasteiger partial charge is 0.487 e. The van der Waals surface area contributed by atoms with Gasteiger partial charge in [-0.2, -0.15) is 0 Å². The van der Waals surface area contributed by atoms with Crippen molar-refractivity contribution in [3.05, 3.63) is 8.66 Å². The molecule has 1 aromatic heterocycles. The van der Waals surface area contributed by atoms with Crippen LogP contribution in [-0.4, -0.2) is 26.2 Å². The Balaban J connectivity index is 2.46. The van der Waals surface area contributed by atoms with Crippen molar-refractivity contribution in [1.29, 1.82) is 0 Å². The van der Waals surface area contributed by atoms with Crippen molar-refractivity contribution in [1.82, 2.24) is 0 Å². The first-order valence-corrected chi connectivity index (χ1v) is 5.62. The second-order valence-corrected chi connectivity index (χ2v) is 5.01. The highest BCUT2D eigenvalue weighted by atomic mass is 79.9. The van der Waals surface area contributed by atoms with Crippen LogP contribution in [0, 0.1) is 0 Å². The molecule has 0 saturated heterocycles. The first-order valence-electron chi connectivity index (χ1n) is 4.01. The monoisotopic (exact) mass is 277 g/mol. The van der Waals surface area contributed by atoms with E-state index in [0.717, 1.165) is 9.47 Å². The molecule has 76 valence electrons. The SMILES string of the molecule is COC(=O)c1sc(Br)c2c1NCCO2. The number of methoxy groups -OCH3 is 1. The molecule has 2 heterocycles. The summed E-state index contributed by atoms with van der Waals surface area (Å²) in [5, 5.41) is 3.12. The number of rotatable bonds is 1. The fourth-order valence-electron chi connectivity index (χ4n) is 1.24. The zero-order valence-electron chi connectivity index (χ0n) is 7.43. The summed E-state index contributed by atoms with van der Waals surface area (Å²) in [5.41, 5.74) is 0.736. The minimum absolute atomic E-state index is 0.338. The van der Waals surface area contributed by atoms with E-state index in [0.29, 0.717) is 23.8 Å². The van der Waals surface area contributed by atoms with Crippen molar-refractivity contribution in [2.45, 2.75) is 0 Å². The second-order valence-electron chi connectivity index (χ2n) is 2.68. The normalized spacial score (nSPS) is 13.9. The smallest absolute Gasteiger partial charge is 0.350 e. The average Bonchev–Trinajstić information content (AvgIpc) is 2.56. The molecule has 14 heavy (non-hydrogen) atoms. The molecule has 0 fully saturated rings. The van der Waals surface area contributed by atoms with Gasteiger partial charge >= 0.3 is 5.97 Å². The molecule has 4 nitrogen and oxygen atoms in total. The summed E-state index contributed by atoms with van der Waals surface area (Å²) >= 11 is 4.66. The van der Waals surface area contributed by atoms with Crippen molar-refractivity contribution in [3.63, 3.8) is 0 Å². The first-order chi connectivity index (χ1) is 6.74. The molecule has 1 aliphatic rings. The molecular formula is C8H8BrNO3S. The maximum Gasteiger partial charge on any atom is 0.350 e. The van der Waals surface area contributed by atoms with Gasteiger partial charge < -0.3 is 14.8 Å². The van der Waals surface area contributed by atoms with Gasteiger partial charge in [-0.1, -0.05) is 0 Å². The van der Waals surface area contributed by atoms with Gasteiger partial charge in [0, 0.05) is 6.54 Å². The van der Waals surface area contributed by atoms with E-state index < -0.39 is 0 Å². The number of fused-ring (bicyclic) bond motifs is 1. The van der Waals surface area contributed by atoms with E-state index >= 15 is 0 Å². The second kappa shape index (κ2) is 3.78. The van der Waals surface area contributed by atoms with E-state index in [1.54, 1.807) is 0 Å². The molecule has 1 N–H and O–H groups in total. The van der Waals surface area contributed by atoms with E-state index in [1.807, 2.05) is 0 Å². The highest BCUT2D eigenvalue weighted by Crippen LogP contribution is 2.45. The summed E-state index contributed by atoms with van der Waals surface area (Å²) in [6, 6.07) is 0. The topological polar surface area (TPSA) is 47.6 Å². The fourth-order valence-corrected chi connectivity index (χ4v) is 2.91. The Labute approximate surface area is 93.3 Å². The number of hydrogen-bond acceptors (Lipinski definition) is 5. The fraction of sp³-hybridized carbons (Fsp3) is 0.375. The molecular weight excluding hydrogens is 270 g/mol. The van der Waals surface area contributed by atoms with Gasteiger partial charge in [-0.3, -0.25) is 0 Å². The number of esters is 1. The average molecular weight is 278 g/mol. The summed E-state index contributed by atoms with van der Waals surface area (Å²) in [4.78, 5) is 11.9. The van der Waals surface area contributed by atoms with Crippen LogP contribution in [0.1, 0.15) is 9.67 Å². The highest BCUT2D eigenvalue weighted by molar-refractivity contribution is 9.11. The van der Waals surface area contributed by atoms with Crippen LogP contribution in [0.5, 0.6) is 5.75 Å². The summed E-state index contributed by atoms with van der Waals surface area (Å²) in [6.07, 6.45) is 0. The van der Waals surface area contributed by atoms with Crippen LogP contribution in [0.3, 0.4) is 0 Å². The van der Waals surface area contributed by atoms with Gasteiger partial charge in [-0.15, -0.1) is 11.3 Å². The molecule has 0 bridgehead atoms. The Morgan fingerprint density at radius 1 is 1.71 bits per heavy atom. The van der Waals surface area contributed by atoms with Gasteiger partial charge in [-0.05, 0) is 15.9 Å². The number of carbonyl (C=O) groups is 1. The van der Waals surface area contributed by atoms with Gasteiger partial charge in [0.05, 0.1) is 7.11 Å². The van der Waals surface area contributed by atoms with Crippen molar-refractivity contribution < 1.29 is 14.3 Å². The molecule has 1 aromatic rings. The molecule has 0 amide bonds. The minimum Gasteiger partial charge on any atom is -0.487 e. The Bertz CT molecular complexity index is 377. The molecule has 1 aliphatic heterocycles. The van der Waals surface area contributed by atoms with Gasteiger partial charge in [0.15, 0.2) is 5.75 Å². The third kappa shape index (κ3) is 1.48. The zero-order chi connectivity index (χ0) is 10.1. The van der Waals surface area contributed by atoms with Gasteiger partial charge in [-0.25, -0.2) is 4.79 Å². The van der Waals surface area contributed by atoms with Crippen molar-refractivity contribution in [3.8, 4) is 5.75 Å². The maximum absolute atomic E-state index is 11.4. The van der Waals surface area contributed by atoms with Crippen LogP contribution in [0.4, 0.5) is 5.69 Å². The van der Waals surface area contributed by atoms with E-state index in [1.165, 1.54) is 18.4 Å². The zero-order valence-corrected chi connectivity index (χ0v) is 9.83. The number of halogens is 1. The van der Waals surface area contributed by atoms with E-state index in [4.69, 9.17) is 4.74 Å². The number of hydrogen-bond donors (Lipinski definition) is 1. The molecule has 2 rings (SSSR count). The maximum atomic E-state index is 11.4. The molecule has 6 heteroatoms. The Hall–Kier alpha value is -0.750. The van der Waals surface area contributed by atoms with E-state index in [-0.39, 0.29) is 5.97 Å². The molecule has 0 saturated carbocycles. The third-order valence-electron chi connectivity index (χ3n) is 1.85. The summed E-state index contributed by atoms with van der Waals surface area (Å²) in [7, 11) is 1.37. The third-order valence-corrected chi connectivity index (χ3v) is 3.63. The molecule has 0 aromatic carbocycles. The van der Waals surface area contributed by atoms with Crippen LogP contribution in [-0.2, 0) is 4.74 Å². The number of carbonyl (C=O) groups excluding carboxylic acids is 1. The highest BCUT2D eigenvalue weighted by Gasteiger charge is 2.25. The lowest BCUT2D eigenvalue weighted by Crippen LogP contribution is -2.18. The number of nitrogens with one attached hydrogen (secondary N) is 1. The number of thiophene rings is 1. The van der Waals surface area contributed by atoms with Crippen molar-refractivity contribution in [2.24, 2.45) is 0 Å². The van der Waals surface area contributed by atoms with Crippen molar-refractivity contribution in [2.75, 3.05) is 25.6 Å². The Kier molecular flexibility index (Phi) is 2.64. The minimum atomic E-state index is -0.338. The van der Waals surface area contributed by atoms with Crippen LogP contribution < -0.4 is 10.1 Å². The molecule has 0 atom stereocenters. The lowest BCUT2D eigenvalue weighted by molar-refractivity contribution is 0.0607. The van der Waals surface area contributed by atoms with Crippen LogP contribution >= 0.6 is 27.3 Å². The lowest BCUT2D eigenvalue weighted by atomic mass is 10.3. The molecule has 0 aliphatic carbocycles. The number of ether oxygens (including phenoxy) is 2. The molecule has 0 radical (unpaired) electrons. The quantitative estimate of drug-likeness (QED) is 0.799. The predicted octanol–water partition coefficient (Wildman–Crippen LogP) is 2.10. The Morgan fingerprint density at radius 3 is 3.21 bits per heavy atom. The standard InChI is InChI=1S/C8H8BrNO3S/c1-12-8(11)6-4-5(7(9)14-6)13-3-2-10-4/h10H,2-3H2,1H3. The van der Waals surface area contributed by atoms with Gasteiger partial charge in [0.25, 0.3) is 0 Å². The summed E-state index contributed by atoms with van der Waals surface area (Å²) < 4.78 is 10.9. The van der Waals surface area contributed by atoms with E-state index in [9.17, 15) is 4.79 Å². The first kappa shape index (κ1) is 9.79. The van der Waals surface area contributed by atoms with E-state index in [2.05, 4.69) is 26.0 Å². The summed E-state index contributed by atoms with van der Waals surface area (Å²) in [6.45, 7) is 1.32. The van der Waals surface area contributed by atoms with Crippen LogP contribution in [0.2, 0.25) is 0 Å². The molecule has 0 unspecified atom stereocenters. The van der Waals surface area contributed by atoms with Gasteiger partial charge in [0.1, 0.15) is 21.0 Å². The lowest BCUT2D eigenvalue weighted by Gasteiger charge is -2.16. The van der Waals surface area contributed by atoms with Crippen molar-refractivity contribution >= 4 is 38.9 Å². The van der Waals surface area contributed by atoms with Crippen LogP contribution in [0.15, 0.2) is 3.79 Å². The van der Waals surface area contributed by atoms with Crippen LogP contribution in [0.25, 0.3) is 0 Å². The number of anilines is 1. The molecule has 0 spiro atoms. The van der Waals surface area contributed by atoms with Gasteiger partial charge in [0.2, 0.25) is 0 Å².